The van der Waals surface area contributed by atoms with Gasteiger partial charge in [0.2, 0.25) is 5.91 Å². The molecule has 1 N–H and O–H groups in total. The number of rotatable bonds is 4. The first-order chi connectivity index (χ1) is 11.5. The fraction of sp³-hybridized carbons (Fsp3) is 0.412. The van der Waals surface area contributed by atoms with Crippen molar-refractivity contribution in [3.05, 3.63) is 39.9 Å². The number of amides is 1. The summed E-state index contributed by atoms with van der Waals surface area (Å²) >= 11 is 7.78. The van der Waals surface area contributed by atoms with Gasteiger partial charge in [-0.25, -0.2) is 4.98 Å². The van der Waals surface area contributed by atoms with E-state index in [-0.39, 0.29) is 5.91 Å². The maximum atomic E-state index is 12.2. The molecule has 1 aliphatic heterocycles. The highest BCUT2D eigenvalue weighted by Crippen LogP contribution is 2.26. The zero-order valence-electron chi connectivity index (χ0n) is 13.9. The highest BCUT2D eigenvalue weighted by molar-refractivity contribution is 7.15. The van der Waals surface area contributed by atoms with Crippen LogP contribution in [0.4, 0.5) is 10.8 Å². The second-order valence-electron chi connectivity index (χ2n) is 5.92. The molecular weight excluding hydrogens is 344 g/mol. The third kappa shape index (κ3) is 4.06. The minimum absolute atomic E-state index is 0.00468. The summed E-state index contributed by atoms with van der Waals surface area (Å²) in [7, 11) is 0. The number of benzene rings is 1. The van der Waals surface area contributed by atoms with Crippen LogP contribution in [0.3, 0.4) is 0 Å². The number of anilines is 2. The lowest BCUT2D eigenvalue weighted by Gasteiger charge is -2.36. The lowest BCUT2D eigenvalue weighted by atomic mass is 10.2. The van der Waals surface area contributed by atoms with E-state index in [1.165, 1.54) is 11.3 Å². The molecule has 5 nitrogen and oxygen atoms in total. The van der Waals surface area contributed by atoms with Crippen LogP contribution >= 0.6 is 22.9 Å². The summed E-state index contributed by atoms with van der Waals surface area (Å²) in [5.74, 6) is -0.00468. The first kappa shape index (κ1) is 17.2. The third-order valence-corrected chi connectivity index (χ3v) is 5.52. The van der Waals surface area contributed by atoms with E-state index in [0.717, 1.165) is 47.5 Å². The number of halogens is 1. The van der Waals surface area contributed by atoms with Crippen LogP contribution in [0, 0.1) is 13.8 Å². The van der Waals surface area contributed by atoms with Crippen molar-refractivity contribution in [3.8, 4) is 0 Å². The molecule has 1 aliphatic rings. The van der Waals surface area contributed by atoms with Crippen molar-refractivity contribution in [2.45, 2.75) is 13.8 Å². The van der Waals surface area contributed by atoms with Crippen LogP contribution in [-0.2, 0) is 4.79 Å². The van der Waals surface area contributed by atoms with Crippen LogP contribution in [0.25, 0.3) is 0 Å². The van der Waals surface area contributed by atoms with Crippen molar-refractivity contribution in [2.75, 3.05) is 42.9 Å². The van der Waals surface area contributed by atoms with Gasteiger partial charge >= 0.3 is 0 Å². The van der Waals surface area contributed by atoms with Gasteiger partial charge in [0, 0.05) is 31.1 Å². The van der Waals surface area contributed by atoms with Crippen molar-refractivity contribution in [3.63, 3.8) is 0 Å². The predicted molar refractivity (Wildman–Crippen MR) is 100 cm³/mol. The quantitative estimate of drug-likeness (QED) is 0.905. The molecule has 2 heterocycles. The Labute approximate surface area is 151 Å². The summed E-state index contributed by atoms with van der Waals surface area (Å²) in [6.07, 6.45) is 0. The molecule has 1 amide bonds. The molecule has 1 fully saturated rings. The van der Waals surface area contributed by atoms with Gasteiger partial charge in [-0.05, 0) is 26.0 Å². The summed E-state index contributed by atoms with van der Waals surface area (Å²) in [6.45, 7) is 7.78. The molecule has 1 saturated heterocycles. The highest BCUT2D eigenvalue weighted by Gasteiger charge is 2.20. The van der Waals surface area contributed by atoms with Gasteiger partial charge in [0.05, 0.1) is 22.9 Å². The van der Waals surface area contributed by atoms with E-state index in [0.29, 0.717) is 11.7 Å². The smallest absolute Gasteiger partial charge is 0.240 e. The molecule has 7 heteroatoms. The van der Waals surface area contributed by atoms with Crippen molar-refractivity contribution in [1.82, 2.24) is 9.88 Å². The number of nitrogens with zero attached hydrogens (tertiary/aromatic N) is 3. The predicted octanol–water partition coefficient (Wildman–Crippen LogP) is 3.17. The molecule has 0 radical (unpaired) electrons. The Balaban J connectivity index is 1.50. The molecule has 3 rings (SSSR count). The number of aromatic nitrogens is 1. The second-order valence-corrected chi connectivity index (χ2v) is 7.53. The van der Waals surface area contributed by atoms with E-state index >= 15 is 0 Å². The Hall–Kier alpha value is -1.63. The number of aryl methyl sites for hydroxylation is 2. The monoisotopic (exact) mass is 364 g/mol. The van der Waals surface area contributed by atoms with E-state index in [1.54, 1.807) is 0 Å². The molecule has 0 bridgehead atoms. The van der Waals surface area contributed by atoms with Crippen LogP contribution < -0.4 is 10.2 Å². The lowest BCUT2D eigenvalue weighted by molar-refractivity contribution is -0.117. The fourth-order valence-electron chi connectivity index (χ4n) is 2.74. The van der Waals surface area contributed by atoms with Gasteiger partial charge in [0.15, 0.2) is 5.13 Å². The van der Waals surface area contributed by atoms with Crippen LogP contribution in [0.15, 0.2) is 24.3 Å². The van der Waals surface area contributed by atoms with Crippen LogP contribution in [0.5, 0.6) is 0 Å². The van der Waals surface area contributed by atoms with Gasteiger partial charge in [-0.2, -0.15) is 0 Å². The van der Waals surface area contributed by atoms with E-state index in [4.69, 9.17) is 11.6 Å². The van der Waals surface area contributed by atoms with E-state index < -0.39 is 0 Å². The highest BCUT2D eigenvalue weighted by atomic mass is 35.5. The number of thiazole rings is 1. The van der Waals surface area contributed by atoms with Crippen molar-refractivity contribution in [2.24, 2.45) is 0 Å². The normalized spacial score (nSPS) is 15.5. The third-order valence-electron chi connectivity index (χ3n) is 4.21. The van der Waals surface area contributed by atoms with E-state index in [2.05, 4.69) is 20.1 Å². The minimum Gasteiger partial charge on any atom is -0.368 e. The molecule has 0 unspecified atom stereocenters. The summed E-state index contributed by atoms with van der Waals surface area (Å²) in [6, 6.07) is 7.89. The Morgan fingerprint density at radius 1 is 1.25 bits per heavy atom. The van der Waals surface area contributed by atoms with Crippen LogP contribution in [0.1, 0.15) is 10.6 Å². The van der Waals surface area contributed by atoms with Crippen molar-refractivity contribution in [1.29, 1.82) is 0 Å². The number of carbonyl (C=O) groups is 1. The average Bonchev–Trinajstić information content (AvgIpc) is 2.86. The minimum atomic E-state index is -0.00468. The Morgan fingerprint density at radius 2 is 1.96 bits per heavy atom. The van der Waals surface area contributed by atoms with Crippen molar-refractivity contribution < 1.29 is 4.79 Å². The number of nitrogens with one attached hydrogen (secondary N) is 1. The largest absolute Gasteiger partial charge is 0.368 e. The molecule has 0 saturated carbocycles. The van der Waals surface area contributed by atoms with Gasteiger partial charge < -0.3 is 10.2 Å². The molecule has 0 aliphatic carbocycles. The number of para-hydroxylation sites is 1. The maximum absolute atomic E-state index is 12.2. The molecule has 1 aromatic carbocycles. The molecule has 1 aromatic heterocycles. The molecule has 0 atom stereocenters. The Bertz CT molecular complexity index is 706. The summed E-state index contributed by atoms with van der Waals surface area (Å²) < 4.78 is 0. The number of carbonyl (C=O) groups excluding carboxylic acids is 1. The number of hydrogen-bond donors (Lipinski definition) is 1. The Kier molecular flexibility index (Phi) is 5.38. The van der Waals surface area contributed by atoms with Gasteiger partial charge in [-0.1, -0.05) is 23.7 Å². The standard InChI is InChI=1S/C17H21ClN4OS/c1-12-13(2)24-17(19-12)20-16(23)11-21-7-9-22(10-8-21)15-6-4-3-5-14(15)18/h3-6H,7-11H2,1-2H3,(H,19,20,23). The molecule has 2 aromatic rings. The number of hydrogen-bond acceptors (Lipinski definition) is 5. The first-order valence-corrected chi connectivity index (χ1v) is 9.18. The van der Waals surface area contributed by atoms with E-state index in [1.807, 2.05) is 38.1 Å². The lowest BCUT2D eigenvalue weighted by Crippen LogP contribution is -2.48. The van der Waals surface area contributed by atoms with Gasteiger partial charge in [0.1, 0.15) is 0 Å². The van der Waals surface area contributed by atoms with Gasteiger partial charge in [-0.3, -0.25) is 9.69 Å². The summed E-state index contributed by atoms with van der Waals surface area (Å²) in [4.78, 5) is 22.1. The molecular formula is C17H21ClN4OS. The number of piperazine rings is 1. The molecule has 24 heavy (non-hydrogen) atoms. The summed E-state index contributed by atoms with van der Waals surface area (Å²) in [5, 5.41) is 4.36. The zero-order chi connectivity index (χ0) is 17.1. The average molecular weight is 365 g/mol. The zero-order valence-corrected chi connectivity index (χ0v) is 15.5. The SMILES string of the molecule is Cc1nc(NC(=O)CN2CCN(c3ccccc3Cl)CC2)sc1C. The maximum Gasteiger partial charge on any atom is 0.240 e. The first-order valence-electron chi connectivity index (χ1n) is 7.98. The fourth-order valence-corrected chi connectivity index (χ4v) is 3.83. The Morgan fingerprint density at radius 3 is 2.58 bits per heavy atom. The van der Waals surface area contributed by atoms with Crippen LogP contribution in [-0.4, -0.2) is 48.5 Å². The summed E-state index contributed by atoms with van der Waals surface area (Å²) in [5.41, 5.74) is 2.04. The molecule has 0 spiro atoms. The van der Waals surface area contributed by atoms with Crippen molar-refractivity contribution >= 4 is 39.7 Å². The van der Waals surface area contributed by atoms with Crippen LogP contribution in [0.2, 0.25) is 5.02 Å². The molecule has 128 valence electrons. The van der Waals surface area contributed by atoms with Gasteiger partial charge in [-0.15, -0.1) is 11.3 Å². The topological polar surface area (TPSA) is 48.5 Å². The van der Waals surface area contributed by atoms with E-state index in [9.17, 15) is 4.79 Å². The van der Waals surface area contributed by atoms with Gasteiger partial charge in [0.25, 0.3) is 0 Å². The second kappa shape index (κ2) is 7.51.